The summed E-state index contributed by atoms with van der Waals surface area (Å²) in [6.07, 6.45) is 1.51. The molecule has 2 aliphatic rings. The van der Waals surface area contributed by atoms with Crippen LogP contribution in [0.15, 0.2) is 23.1 Å². The molecule has 1 aromatic carbocycles. The van der Waals surface area contributed by atoms with Crippen molar-refractivity contribution >= 4 is 46.0 Å². The predicted octanol–water partition coefficient (Wildman–Crippen LogP) is 2.25. The number of nitrogens with zero attached hydrogens (tertiary/aromatic N) is 6. The van der Waals surface area contributed by atoms with Crippen LogP contribution in [0.2, 0.25) is 5.02 Å². The van der Waals surface area contributed by atoms with E-state index < -0.39 is 29.1 Å². The number of phenols is 1. The molecule has 0 unspecified atom stereocenters. The van der Waals surface area contributed by atoms with Gasteiger partial charge in [0.2, 0.25) is 17.6 Å². The van der Waals surface area contributed by atoms with E-state index in [0.29, 0.717) is 18.2 Å². The first kappa shape index (κ1) is 31.1. The summed E-state index contributed by atoms with van der Waals surface area (Å²) in [5.74, 6) is -2.18. The first-order valence-electron chi connectivity index (χ1n) is 14.5. The summed E-state index contributed by atoms with van der Waals surface area (Å²) >= 11 is 6.24. The molecule has 0 spiro atoms. The van der Waals surface area contributed by atoms with Crippen LogP contribution in [0.3, 0.4) is 0 Å². The number of aromatic nitrogens is 4. The van der Waals surface area contributed by atoms with Gasteiger partial charge < -0.3 is 40.0 Å². The van der Waals surface area contributed by atoms with Crippen LogP contribution in [0.4, 0.5) is 15.9 Å². The quantitative estimate of drug-likeness (QED) is 0.262. The summed E-state index contributed by atoms with van der Waals surface area (Å²) < 4.78 is 29.1. The van der Waals surface area contributed by atoms with Crippen LogP contribution in [0.25, 0.3) is 22.2 Å². The molecule has 6 rings (SSSR count). The predicted molar refractivity (Wildman–Crippen MR) is 168 cm³/mol. The molecule has 1 fully saturated rings. The number of ether oxygens (including phenoxy) is 2. The maximum absolute atomic E-state index is 14.9. The minimum absolute atomic E-state index is 0.0429. The Balaban J connectivity index is 1.42. The standard InChI is InChI=1S/C30H32ClFN8O6/c1-14-11-37(3)5-6-40(14)20-10-19(23(31)27(32)36-20)35-21(41)13-39-12-18(22-29(39)34-15(2)38(4)30(22)44)16-9-17(28(33)43)24(42)26-25(16)45-7-8-46-26/h9-10,12,14,42H,5-8,11,13H2,1-4H3,(H2,33,43)(H,35,36,41)/t14-/m0/s1. The number of aromatic hydroxyl groups is 1. The highest BCUT2D eigenvalue weighted by atomic mass is 35.5. The lowest BCUT2D eigenvalue weighted by Crippen LogP contribution is -2.50. The minimum atomic E-state index is -0.924. The molecule has 14 nitrogen and oxygen atoms in total. The van der Waals surface area contributed by atoms with Gasteiger partial charge in [-0.1, -0.05) is 11.6 Å². The highest BCUT2D eigenvalue weighted by molar-refractivity contribution is 6.33. The summed E-state index contributed by atoms with van der Waals surface area (Å²) in [5, 5.41) is 13.1. The first-order chi connectivity index (χ1) is 21.8. The number of nitrogens with two attached hydrogens (primary N) is 1. The van der Waals surface area contributed by atoms with Crippen LogP contribution in [0.5, 0.6) is 17.2 Å². The van der Waals surface area contributed by atoms with Crippen molar-refractivity contribution in [3.8, 4) is 28.4 Å². The van der Waals surface area contributed by atoms with E-state index in [9.17, 15) is 23.9 Å². The number of rotatable bonds is 6. The third kappa shape index (κ3) is 5.34. The Morgan fingerprint density at radius 3 is 2.57 bits per heavy atom. The number of likely N-dealkylation sites (N-methyl/N-ethyl adjacent to an activating group) is 1. The number of carbonyl (C=O) groups is 2. The fourth-order valence-corrected chi connectivity index (χ4v) is 6.02. The Morgan fingerprint density at radius 1 is 1.15 bits per heavy atom. The Kier molecular flexibility index (Phi) is 7.98. The minimum Gasteiger partial charge on any atom is -0.504 e. The van der Waals surface area contributed by atoms with Crippen LogP contribution < -0.4 is 31.0 Å². The molecular formula is C30H32ClFN8O6. The average molecular weight is 655 g/mol. The molecule has 0 bridgehead atoms. The number of nitrogens with one attached hydrogen (secondary N) is 1. The van der Waals surface area contributed by atoms with Crippen LogP contribution in [0, 0.1) is 12.9 Å². The molecule has 2 amide bonds. The topological polar surface area (TPSA) is 170 Å². The van der Waals surface area contributed by atoms with Gasteiger partial charge in [0.15, 0.2) is 11.5 Å². The number of hydrogen-bond acceptors (Lipinski definition) is 10. The van der Waals surface area contributed by atoms with Gasteiger partial charge in [-0.25, -0.2) is 9.97 Å². The molecular weight excluding hydrogens is 623 g/mol. The Morgan fingerprint density at radius 2 is 1.87 bits per heavy atom. The van der Waals surface area contributed by atoms with Crippen molar-refractivity contribution < 1.29 is 28.6 Å². The molecule has 5 heterocycles. The number of amides is 2. The molecule has 2 aliphatic heterocycles. The van der Waals surface area contributed by atoms with E-state index >= 15 is 0 Å². The van der Waals surface area contributed by atoms with E-state index in [1.807, 2.05) is 18.9 Å². The highest BCUT2D eigenvalue weighted by Gasteiger charge is 2.30. The Hall–Kier alpha value is -4.89. The van der Waals surface area contributed by atoms with Crippen molar-refractivity contribution in [3.05, 3.63) is 51.0 Å². The summed E-state index contributed by atoms with van der Waals surface area (Å²) in [5.41, 5.74) is 5.58. The number of hydrogen-bond donors (Lipinski definition) is 3. The van der Waals surface area contributed by atoms with E-state index in [2.05, 4.69) is 20.2 Å². The molecule has 1 atom stereocenters. The maximum atomic E-state index is 14.9. The van der Waals surface area contributed by atoms with Crippen molar-refractivity contribution in [1.82, 2.24) is 24.0 Å². The summed E-state index contributed by atoms with van der Waals surface area (Å²) in [7, 11) is 3.56. The van der Waals surface area contributed by atoms with Crippen molar-refractivity contribution in [2.45, 2.75) is 26.4 Å². The lowest BCUT2D eigenvalue weighted by atomic mass is 9.99. The largest absolute Gasteiger partial charge is 0.504 e. The lowest BCUT2D eigenvalue weighted by Gasteiger charge is -2.39. The van der Waals surface area contributed by atoms with Crippen LogP contribution in [-0.4, -0.2) is 86.9 Å². The van der Waals surface area contributed by atoms with Gasteiger partial charge in [0.1, 0.15) is 42.1 Å². The zero-order chi connectivity index (χ0) is 33.0. The van der Waals surface area contributed by atoms with Crippen molar-refractivity contribution in [3.63, 3.8) is 0 Å². The maximum Gasteiger partial charge on any atom is 0.263 e. The summed E-state index contributed by atoms with van der Waals surface area (Å²) in [4.78, 5) is 52.1. The molecule has 4 aromatic rings. The van der Waals surface area contributed by atoms with Gasteiger partial charge in [-0.3, -0.25) is 19.0 Å². The van der Waals surface area contributed by atoms with Gasteiger partial charge in [-0.05, 0) is 27.0 Å². The number of carbonyl (C=O) groups excluding carboxylic acids is 2. The highest BCUT2D eigenvalue weighted by Crippen LogP contribution is 2.49. The van der Waals surface area contributed by atoms with Gasteiger partial charge >= 0.3 is 0 Å². The first-order valence-corrected chi connectivity index (χ1v) is 14.9. The SMILES string of the molecule is Cc1nc2c(c(-c3cc(C(N)=O)c(O)c4c3OCCO4)cn2CC(=O)Nc2cc(N3CCN(C)C[C@@H]3C)nc(F)c2Cl)c(=O)n1C. The number of pyridine rings is 1. The van der Waals surface area contributed by atoms with Crippen LogP contribution >= 0.6 is 11.6 Å². The number of primary amides is 1. The fourth-order valence-electron chi connectivity index (χ4n) is 5.88. The normalized spacial score (nSPS) is 16.6. The average Bonchev–Trinajstić information content (AvgIpc) is 3.35. The zero-order valence-electron chi connectivity index (χ0n) is 25.6. The number of benzene rings is 1. The van der Waals surface area contributed by atoms with Crippen LogP contribution in [0.1, 0.15) is 23.1 Å². The second-order valence-electron chi connectivity index (χ2n) is 11.4. The van der Waals surface area contributed by atoms with Gasteiger partial charge in [0.25, 0.3) is 11.5 Å². The second kappa shape index (κ2) is 11.8. The number of anilines is 2. The van der Waals surface area contributed by atoms with Gasteiger partial charge in [0.05, 0.1) is 16.6 Å². The smallest absolute Gasteiger partial charge is 0.263 e. The molecule has 4 N–H and O–H groups in total. The monoisotopic (exact) mass is 654 g/mol. The van der Waals surface area contributed by atoms with E-state index in [-0.39, 0.29) is 75.7 Å². The van der Waals surface area contributed by atoms with E-state index in [0.717, 1.165) is 13.1 Å². The third-order valence-corrected chi connectivity index (χ3v) is 8.64. The van der Waals surface area contributed by atoms with E-state index in [4.69, 9.17) is 26.8 Å². The molecule has 0 aliphatic carbocycles. The number of halogens is 2. The lowest BCUT2D eigenvalue weighted by molar-refractivity contribution is -0.116. The molecule has 242 valence electrons. The van der Waals surface area contributed by atoms with Crippen LogP contribution in [-0.2, 0) is 18.4 Å². The third-order valence-electron chi connectivity index (χ3n) is 8.28. The van der Waals surface area contributed by atoms with E-state index in [1.165, 1.54) is 27.5 Å². The van der Waals surface area contributed by atoms with Gasteiger partial charge in [-0.15, -0.1) is 0 Å². The van der Waals surface area contributed by atoms with Crippen molar-refractivity contribution in [2.75, 3.05) is 50.1 Å². The number of piperazine rings is 1. The Labute approximate surface area is 267 Å². The van der Waals surface area contributed by atoms with Crippen molar-refractivity contribution in [1.29, 1.82) is 0 Å². The number of fused-ring (bicyclic) bond motifs is 2. The summed E-state index contributed by atoms with van der Waals surface area (Å²) in [6, 6.07) is 2.89. The van der Waals surface area contributed by atoms with Crippen molar-refractivity contribution in [2.24, 2.45) is 12.8 Å². The number of aryl methyl sites for hydroxylation is 1. The molecule has 46 heavy (non-hydrogen) atoms. The molecule has 16 heteroatoms. The van der Waals surface area contributed by atoms with E-state index in [1.54, 1.807) is 14.0 Å². The fraction of sp³-hybridized carbons (Fsp3) is 0.367. The molecule has 0 radical (unpaired) electrons. The second-order valence-corrected chi connectivity index (χ2v) is 11.8. The van der Waals surface area contributed by atoms with Gasteiger partial charge in [0, 0.05) is 56.1 Å². The van der Waals surface area contributed by atoms with Gasteiger partial charge in [-0.2, -0.15) is 4.39 Å². The summed E-state index contributed by atoms with van der Waals surface area (Å²) in [6.45, 7) is 5.68. The molecule has 3 aromatic heterocycles. The Bertz CT molecular complexity index is 1980. The molecule has 0 saturated carbocycles. The zero-order valence-corrected chi connectivity index (χ0v) is 26.3. The molecule has 1 saturated heterocycles.